The first-order chi connectivity index (χ1) is 14.0. The van der Waals surface area contributed by atoms with Crippen molar-refractivity contribution in [2.45, 2.75) is 45.6 Å². The first-order valence-electron chi connectivity index (χ1n) is 10.0. The second kappa shape index (κ2) is 8.08. The van der Waals surface area contributed by atoms with E-state index in [-0.39, 0.29) is 12.5 Å². The summed E-state index contributed by atoms with van der Waals surface area (Å²) in [6.07, 6.45) is 2.23. The van der Waals surface area contributed by atoms with E-state index in [0.717, 1.165) is 30.0 Å². The van der Waals surface area contributed by atoms with E-state index in [0.29, 0.717) is 6.42 Å². The van der Waals surface area contributed by atoms with Crippen molar-refractivity contribution in [3.63, 3.8) is 0 Å². The molecule has 4 rings (SSSR count). The summed E-state index contributed by atoms with van der Waals surface area (Å²) in [5, 5.41) is 8.86. The molecule has 0 radical (unpaired) electrons. The Labute approximate surface area is 171 Å². The van der Waals surface area contributed by atoms with Gasteiger partial charge >= 0.3 is 5.97 Å². The number of carbonyl (C=O) groups is 1. The molecule has 0 bridgehead atoms. The molecule has 0 fully saturated rings. The predicted octanol–water partition coefficient (Wildman–Crippen LogP) is 5.45. The number of rotatable bonds is 5. The van der Waals surface area contributed by atoms with Gasteiger partial charge in [-0.3, -0.25) is 9.78 Å². The Hall–Kier alpha value is -3.14. The number of pyridine rings is 1. The van der Waals surface area contributed by atoms with Crippen LogP contribution in [0.3, 0.4) is 0 Å². The van der Waals surface area contributed by atoms with Gasteiger partial charge in [0.15, 0.2) is 0 Å². The highest BCUT2D eigenvalue weighted by atomic mass is 16.5. The molecule has 0 amide bonds. The lowest BCUT2D eigenvalue weighted by atomic mass is 9.92. The molecule has 4 heteroatoms. The smallest absolute Gasteiger partial charge is 0.303 e. The van der Waals surface area contributed by atoms with Crippen LogP contribution in [0.2, 0.25) is 0 Å². The van der Waals surface area contributed by atoms with Crippen LogP contribution in [0, 0.1) is 13.8 Å². The van der Waals surface area contributed by atoms with Crippen LogP contribution < -0.4 is 4.74 Å². The van der Waals surface area contributed by atoms with E-state index in [1.807, 2.05) is 12.1 Å². The van der Waals surface area contributed by atoms with Crippen LogP contribution in [0.25, 0.3) is 11.1 Å². The Bertz CT molecular complexity index is 1040. The van der Waals surface area contributed by atoms with Gasteiger partial charge < -0.3 is 9.84 Å². The van der Waals surface area contributed by atoms with Crippen LogP contribution in [0.1, 0.15) is 47.0 Å². The molecule has 1 aromatic heterocycles. The van der Waals surface area contributed by atoms with E-state index in [1.165, 1.54) is 27.8 Å². The summed E-state index contributed by atoms with van der Waals surface area (Å²) >= 11 is 0. The molecule has 148 valence electrons. The zero-order valence-electron chi connectivity index (χ0n) is 16.8. The second-order valence-electron chi connectivity index (χ2n) is 7.68. The minimum Gasteiger partial charge on any atom is -0.484 e. The molecule has 0 spiro atoms. The molecular formula is C25H25NO3. The van der Waals surface area contributed by atoms with Gasteiger partial charge in [-0.25, -0.2) is 0 Å². The van der Waals surface area contributed by atoms with Crippen molar-refractivity contribution in [3.8, 4) is 16.9 Å². The summed E-state index contributed by atoms with van der Waals surface area (Å²) in [6.45, 7) is 4.30. The van der Waals surface area contributed by atoms with Crippen molar-refractivity contribution in [3.05, 3.63) is 82.7 Å². The van der Waals surface area contributed by atoms with E-state index in [9.17, 15) is 4.79 Å². The van der Waals surface area contributed by atoms with Crippen molar-refractivity contribution in [1.82, 2.24) is 4.98 Å². The first-order valence-corrected chi connectivity index (χ1v) is 10.0. The quantitative estimate of drug-likeness (QED) is 0.632. The van der Waals surface area contributed by atoms with Gasteiger partial charge in [0.05, 0.1) is 12.1 Å². The summed E-state index contributed by atoms with van der Waals surface area (Å²) in [6, 6.07) is 18.8. The first kappa shape index (κ1) is 19.2. The molecule has 1 aliphatic heterocycles. The number of hydrogen-bond acceptors (Lipinski definition) is 3. The maximum Gasteiger partial charge on any atom is 0.303 e. The van der Waals surface area contributed by atoms with Crippen molar-refractivity contribution in [2.24, 2.45) is 0 Å². The average Bonchev–Trinajstić information content (AvgIpc) is 2.72. The molecular weight excluding hydrogens is 362 g/mol. The van der Waals surface area contributed by atoms with Gasteiger partial charge in [0.25, 0.3) is 0 Å². The third-order valence-corrected chi connectivity index (χ3v) is 5.53. The fourth-order valence-electron chi connectivity index (χ4n) is 4.07. The Morgan fingerprint density at radius 1 is 1.10 bits per heavy atom. The van der Waals surface area contributed by atoms with Crippen molar-refractivity contribution in [2.75, 3.05) is 0 Å². The number of aliphatic carboxylic acids is 1. The van der Waals surface area contributed by atoms with E-state index >= 15 is 0 Å². The van der Waals surface area contributed by atoms with Crippen LogP contribution in [0.4, 0.5) is 0 Å². The largest absolute Gasteiger partial charge is 0.484 e. The molecule has 1 unspecified atom stereocenters. The number of aromatic nitrogens is 1. The lowest BCUT2D eigenvalue weighted by molar-refractivity contribution is -0.136. The third kappa shape index (κ3) is 4.16. The van der Waals surface area contributed by atoms with Crippen LogP contribution in [0.15, 0.2) is 54.6 Å². The van der Waals surface area contributed by atoms with Gasteiger partial charge in [-0.1, -0.05) is 36.4 Å². The van der Waals surface area contributed by atoms with Crippen LogP contribution >= 0.6 is 0 Å². The number of nitrogens with zero attached hydrogens (tertiary/aromatic N) is 1. The monoisotopic (exact) mass is 387 g/mol. The lowest BCUT2D eigenvalue weighted by Crippen LogP contribution is -2.17. The summed E-state index contributed by atoms with van der Waals surface area (Å²) in [7, 11) is 0. The molecule has 0 saturated carbocycles. The molecule has 1 N–H and O–H groups in total. The molecule has 2 heterocycles. The van der Waals surface area contributed by atoms with E-state index < -0.39 is 5.97 Å². The average molecular weight is 387 g/mol. The Kier molecular flexibility index (Phi) is 5.34. The predicted molar refractivity (Wildman–Crippen MR) is 113 cm³/mol. The van der Waals surface area contributed by atoms with Crippen LogP contribution in [0.5, 0.6) is 5.75 Å². The molecule has 4 nitrogen and oxygen atoms in total. The zero-order chi connectivity index (χ0) is 20.4. The molecule has 0 aliphatic carbocycles. The number of carboxylic acids is 1. The molecule has 29 heavy (non-hydrogen) atoms. The van der Waals surface area contributed by atoms with E-state index in [4.69, 9.17) is 9.84 Å². The van der Waals surface area contributed by atoms with E-state index in [1.54, 1.807) is 0 Å². The van der Waals surface area contributed by atoms with E-state index in [2.05, 4.69) is 61.3 Å². The molecule has 0 saturated heterocycles. The number of aryl methyl sites for hydroxylation is 4. The highest BCUT2D eigenvalue weighted by Crippen LogP contribution is 2.36. The maximum atomic E-state index is 10.8. The van der Waals surface area contributed by atoms with Gasteiger partial charge in [-0.05, 0) is 72.7 Å². The summed E-state index contributed by atoms with van der Waals surface area (Å²) in [4.78, 5) is 15.4. The molecule has 2 aromatic carbocycles. The summed E-state index contributed by atoms with van der Waals surface area (Å²) < 4.78 is 6.27. The molecule has 1 aliphatic rings. The molecule has 1 atom stereocenters. The number of benzene rings is 2. The third-order valence-electron chi connectivity index (χ3n) is 5.53. The minimum atomic E-state index is -0.801. The van der Waals surface area contributed by atoms with Crippen molar-refractivity contribution >= 4 is 5.97 Å². The van der Waals surface area contributed by atoms with Crippen molar-refractivity contribution < 1.29 is 14.6 Å². The van der Waals surface area contributed by atoms with Gasteiger partial charge in [-0.15, -0.1) is 0 Å². The minimum absolute atomic E-state index is 0.00144. The second-order valence-corrected chi connectivity index (χ2v) is 7.68. The van der Waals surface area contributed by atoms with Gasteiger partial charge in [0.1, 0.15) is 11.9 Å². The standard InChI is InChI=1S/C25H25NO3/c1-16-5-3-6-17(2)25(16)19-8-4-7-18(15-19)22-13-11-21-23(29-22)12-9-20(26-21)10-14-24(27)28/h3-9,12,15,22H,10-11,13-14H2,1-2H3,(H,27,28). The zero-order valence-corrected chi connectivity index (χ0v) is 16.8. The Morgan fingerprint density at radius 2 is 1.86 bits per heavy atom. The summed E-state index contributed by atoms with van der Waals surface area (Å²) in [5.74, 6) is 0.00223. The Morgan fingerprint density at radius 3 is 2.62 bits per heavy atom. The van der Waals surface area contributed by atoms with Gasteiger partial charge in [-0.2, -0.15) is 0 Å². The Balaban J connectivity index is 1.56. The number of ether oxygens (including phenoxy) is 1. The highest BCUT2D eigenvalue weighted by molar-refractivity contribution is 5.71. The van der Waals surface area contributed by atoms with Crippen molar-refractivity contribution in [1.29, 1.82) is 0 Å². The molecule has 3 aromatic rings. The van der Waals surface area contributed by atoms with Gasteiger partial charge in [0, 0.05) is 12.1 Å². The summed E-state index contributed by atoms with van der Waals surface area (Å²) in [5.41, 5.74) is 7.96. The van der Waals surface area contributed by atoms with Crippen LogP contribution in [-0.4, -0.2) is 16.1 Å². The topological polar surface area (TPSA) is 59.4 Å². The fourth-order valence-corrected chi connectivity index (χ4v) is 4.07. The van der Waals surface area contributed by atoms with Crippen LogP contribution in [-0.2, 0) is 17.6 Å². The maximum absolute atomic E-state index is 10.8. The van der Waals surface area contributed by atoms with Gasteiger partial charge in [0.2, 0.25) is 0 Å². The lowest BCUT2D eigenvalue weighted by Gasteiger charge is -2.26. The highest BCUT2D eigenvalue weighted by Gasteiger charge is 2.23. The SMILES string of the molecule is Cc1cccc(C)c1-c1cccc(C2CCc3nc(CCC(=O)O)ccc3O2)c1. The fraction of sp³-hybridized carbons (Fsp3) is 0.280. The normalized spacial score (nSPS) is 15.4. The number of fused-ring (bicyclic) bond motifs is 1. The number of hydrogen-bond donors (Lipinski definition) is 1. The number of carboxylic acid groups (broad SMARTS) is 1.